The van der Waals surface area contributed by atoms with E-state index in [1.165, 1.54) is 0 Å². The number of carbonyl (C=O) groups is 2. The summed E-state index contributed by atoms with van der Waals surface area (Å²) < 4.78 is 11.0. The van der Waals surface area contributed by atoms with Crippen molar-refractivity contribution >= 4 is 46.6 Å². The zero-order chi connectivity index (χ0) is 34.8. The molecule has 6 rings (SSSR count). The first kappa shape index (κ1) is 34.8. The van der Waals surface area contributed by atoms with E-state index in [9.17, 15) is 14.7 Å². The maximum atomic E-state index is 12.7. The van der Waals surface area contributed by atoms with Gasteiger partial charge in [0.05, 0.1) is 23.2 Å². The molecule has 4 aromatic carbocycles. The monoisotopic (exact) mass is 692 g/mol. The molecule has 0 radical (unpaired) electrons. The van der Waals surface area contributed by atoms with Gasteiger partial charge in [0.15, 0.2) is 10.2 Å². The van der Waals surface area contributed by atoms with Gasteiger partial charge in [-0.1, -0.05) is 103 Å². The molecular formula is C38H36N4O5S2. The molecule has 0 aliphatic carbocycles. The van der Waals surface area contributed by atoms with Crippen molar-refractivity contribution in [3.8, 4) is 5.75 Å². The van der Waals surface area contributed by atoms with Crippen LogP contribution in [0.4, 0.5) is 0 Å². The van der Waals surface area contributed by atoms with Crippen molar-refractivity contribution in [2.45, 2.75) is 39.1 Å². The summed E-state index contributed by atoms with van der Waals surface area (Å²) in [6.45, 7) is 4.04. The van der Waals surface area contributed by atoms with Gasteiger partial charge < -0.3 is 35.8 Å². The third kappa shape index (κ3) is 9.31. The van der Waals surface area contributed by atoms with Crippen molar-refractivity contribution in [3.05, 3.63) is 160 Å². The van der Waals surface area contributed by atoms with Gasteiger partial charge in [0.1, 0.15) is 19.0 Å². The molecule has 0 amide bonds. The Balaban J connectivity index is 0.000000191. The Kier molecular flexibility index (Phi) is 11.7. The summed E-state index contributed by atoms with van der Waals surface area (Å²) in [5, 5.41) is 22.9. The van der Waals surface area contributed by atoms with Gasteiger partial charge in [0.2, 0.25) is 0 Å². The van der Waals surface area contributed by atoms with Crippen LogP contribution in [0, 0.1) is 0 Å². The van der Waals surface area contributed by atoms with Gasteiger partial charge in [-0.05, 0) is 72.7 Å². The van der Waals surface area contributed by atoms with E-state index < -0.39 is 12.0 Å². The number of hydrogen-bond donors (Lipinski definition) is 5. The number of thiocarbonyl (C=S) groups is 2. The predicted molar refractivity (Wildman–Crippen MR) is 196 cm³/mol. The lowest BCUT2D eigenvalue weighted by molar-refractivity contribution is -0.141. The minimum absolute atomic E-state index is 0.124. The van der Waals surface area contributed by atoms with E-state index in [-0.39, 0.29) is 31.0 Å². The summed E-state index contributed by atoms with van der Waals surface area (Å²) >= 11 is 10.4. The number of hydrogen-bond acceptors (Lipinski definition) is 7. The summed E-state index contributed by atoms with van der Waals surface area (Å²) in [5.74, 6) is -0.664. The number of ether oxygens (including phenoxy) is 2. The van der Waals surface area contributed by atoms with Gasteiger partial charge in [-0.15, -0.1) is 0 Å². The van der Waals surface area contributed by atoms with Crippen molar-refractivity contribution < 1.29 is 24.2 Å². The molecule has 4 aromatic rings. The van der Waals surface area contributed by atoms with E-state index in [1.807, 2.05) is 104 Å². The Bertz CT molecular complexity index is 1880. The maximum Gasteiger partial charge on any atom is 0.338 e. The molecule has 0 bridgehead atoms. The quantitative estimate of drug-likeness (QED) is 0.108. The van der Waals surface area contributed by atoms with Crippen molar-refractivity contribution in [1.82, 2.24) is 21.3 Å². The van der Waals surface area contributed by atoms with Crippen LogP contribution in [0.3, 0.4) is 0 Å². The second-order valence-electron chi connectivity index (χ2n) is 11.3. The zero-order valence-electron chi connectivity index (χ0n) is 26.9. The average molecular weight is 693 g/mol. The summed E-state index contributed by atoms with van der Waals surface area (Å²) in [6, 6.07) is 34.8. The van der Waals surface area contributed by atoms with Crippen molar-refractivity contribution in [2.24, 2.45) is 0 Å². The molecule has 250 valence electrons. The lowest BCUT2D eigenvalue weighted by Crippen LogP contribution is -2.45. The highest BCUT2D eigenvalue weighted by Gasteiger charge is 2.32. The second kappa shape index (κ2) is 16.5. The molecule has 9 nitrogen and oxygen atoms in total. The van der Waals surface area contributed by atoms with Crippen LogP contribution in [0.2, 0.25) is 0 Å². The minimum atomic E-state index is -0.482. The van der Waals surface area contributed by atoms with Crippen LogP contribution < -0.4 is 21.3 Å². The van der Waals surface area contributed by atoms with E-state index in [0.717, 1.165) is 22.3 Å². The van der Waals surface area contributed by atoms with Gasteiger partial charge in [0, 0.05) is 11.4 Å². The van der Waals surface area contributed by atoms with Gasteiger partial charge in [0.25, 0.3) is 0 Å². The van der Waals surface area contributed by atoms with E-state index in [1.54, 1.807) is 25.1 Å². The lowest BCUT2D eigenvalue weighted by atomic mass is 9.95. The molecule has 0 saturated heterocycles. The molecule has 2 atom stereocenters. The van der Waals surface area contributed by atoms with Crippen LogP contribution in [-0.4, -0.2) is 27.3 Å². The van der Waals surface area contributed by atoms with Crippen LogP contribution >= 0.6 is 24.4 Å². The number of esters is 2. The van der Waals surface area contributed by atoms with E-state index in [0.29, 0.717) is 32.8 Å². The molecule has 49 heavy (non-hydrogen) atoms. The number of carbonyl (C=O) groups excluding carboxylic acids is 2. The summed E-state index contributed by atoms with van der Waals surface area (Å²) in [6.07, 6.45) is 0. The minimum Gasteiger partial charge on any atom is -0.508 e. The Morgan fingerprint density at radius 3 is 1.47 bits per heavy atom. The largest absolute Gasteiger partial charge is 0.508 e. The van der Waals surface area contributed by atoms with E-state index in [2.05, 4.69) is 21.3 Å². The van der Waals surface area contributed by atoms with E-state index >= 15 is 0 Å². The molecule has 0 aromatic heterocycles. The summed E-state index contributed by atoms with van der Waals surface area (Å²) in [4.78, 5) is 25.4. The second-order valence-corrected chi connectivity index (χ2v) is 12.1. The summed E-state index contributed by atoms with van der Waals surface area (Å²) in [5.41, 5.74) is 5.90. The molecule has 2 heterocycles. The van der Waals surface area contributed by atoms with Gasteiger partial charge in [-0.25, -0.2) is 9.59 Å². The fourth-order valence-corrected chi connectivity index (χ4v) is 5.92. The molecule has 2 aliphatic rings. The molecule has 11 heteroatoms. The predicted octanol–water partition coefficient (Wildman–Crippen LogP) is 6.15. The maximum absolute atomic E-state index is 12.7. The highest BCUT2D eigenvalue weighted by atomic mass is 32.1. The van der Waals surface area contributed by atoms with Crippen LogP contribution in [0.15, 0.2) is 138 Å². The number of phenols is 1. The number of benzene rings is 4. The van der Waals surface area contributed by atoms with Crippen molar-refractivity contribution in [3.63, 3.8) is 0 Å². The van der Waals surface area contributed by atoms with Crippen molar-refractivity contribution in [1.29, 1.82) is 0 Å². The number of allylic oxidation sites excluding steroid dienone is 2. The highest BCUT2D eigenvalue weighted by molar-refractivity contribution is 7.80. The van der Waals surface area contributed by atoms with Gasteiger partial charge in [-0.3, -0.25) is 0 Å². The first-order chi connectivity index (χ1) is 23.7. The molecule has 2 unspecified atom stereocenters. The van der Waals surface area contributed by atoms with Gasteiger partial charge >= 0.3 is 11.9 Å². The lowest BCUT2D eigenvalue weighted by Gasteiger charge is -2.30. The van der Waals surface area contributed by atoms with Gasteiger partial charge in [-0.2, -0.15) is 0 Å². The Morgan fingerprint density at radius 1 is 0.612 bits per heavy atom. The third-order valence-electron chi connectivity index (χ3n) is 7.74. The topological polar surface area (TPSA) is 121 Å². The molecule has 0 saturated carbocycles. The molecule has 0 fully saturated rings. The van der Waals surface area contributed by atoms with Crippen molar-refractivity contribution in [2.75, 3.05) is 0 Å². The van der Waals surface area contributed by atoms with E-state index in [4.69, 9.17) is 33.9 Å². The zero-order valence-corrected chi connectivity index (χ0v) is 28.6. The fraction of sp³-hybridized carbons (Fsp3) is 0.158. The normalized spacial score (nSPS) is 16.9. The summed E-state index contributed by atoms with van der Waals surface area (Å²) in [7, 11) is 0. The number of aromatic hydroxyl groups is 1. The Labute approximate surface area is 296 Å². The molecule has 2 aliphatic heterocycles. The fourth-order valence-electron chi connectivity index (χ4n) is 5.38. The van der Waals surface area contributed by atoms with Crippen LogP contribution in [0.5, 0.6) is 5.75 Å². The number of nitrogens with one attached hydrogen (secondary N) is 4. The first-order valence-electron chi connectivity index (χ1n) is 15.5. The standard InChI is InChI=1S/C19H18N2O3S.C19H18N2O2S/c1-12-16(18(23)24-11-13-6-3-2-4-7-13)17(21-19(25)20-12)14-8-5-9-15(22)10-14;1-13-16(18(22)23-12-14-8-4-2-5-9-14)17(21-19(24)20-13)15-10-6-3-7-11-15/h2-10,17,22H,11H2,1H3,(H2,20,21,25);2-11,17H,12H2,1H3,(H2,20,21,24). The first-order valence-corrected chi connectivity index (χ1v) is 16.3. The van der Waals surface area contributed by atoms with Crippen LogP contribution in [-0.2, 0) is 32.3 Å². The van der Waals surface area contributed by atoms with Crippen LogP contribution in [0.25, 0.3) is 0 Å². The molecule has 5 N–H and O–H groups in total. The number of phenolic OH excluding ortho intramolecular Hbond substituents is 1. The average Bonchev–Trinajstić information content (AvgIpc) is 3.10. The Hall–Kier alpha value is -5.52. The van der Waals surface area contributed by atoms with Crippen LogP contribution in [0.1, 0.15) is 48.2 Å². The Morgan fingerprint density at radius 2 is 1.02 bits per heavy atom. The molecular weight excluding hydrogens is 657 g/mol. The third-order valence-corrected chi connectivity index (χ3v) is 8.18. The highest BCUT2D eigenvalue weighted by Crippen LogP contribution is 2.30. The SMILES string of the molecule is CC1=C(C(=O)OCc2ccccc2)C(c2cccc(O)c2)NC(=S)N1.CC1=C(C(=O)OCc2ccccc2)C(c2ccccc2)NC(=S)N1. The molecule has 0 spiro atoms. The number of rotatable bonds is 8. The smallest absolute Gasteiger partial charge is 0.338 e.